The zero-order valence-corrected chi connectivity index (χ0v) is 14.2. The lowest BCUT2D eigenvalue weighted by Gasteiger charge is -2.00. The van der Waals surface area contributed by atoms with Crippen molar-refractivity contribution in [3.05, 3.63) is 65.6 Å². The summed E-state index contributed by atoms with van der Waals surface area (Å²) in [5.74, 6) is 2.72. The molecule has 0 aliphatic carbocycles. The third-order valence-corrected chi connectivity index (χ3v) is 4.68. The summed E-state index contributed by atoms with van der Waals surface area (Å²) in [5.41, 5.74) is 2.47. The van der Waals surface area contributed by atoms with E-state index in [1.165, 1.54) is 11.6 Å². The number of aromatic nitrogens is 3. The van der Waals surface area contributed by atoms with Crippen LogP contribution in [0.1, 0.15) is 23.4 Å². The fraction of sp³-hybridized carbons (Fsp3) is 0.278. The molecule has 24 heavy (non-hydrogen) atoms. The van der Waals surface area contributed by atoms with Crippen molar-refractivity contribution in [2.75, 3.05) is 5.75 Å². The smallest absolute Gasteiger partial charge is 0.226 e. The molecular weight excluding hydrogens is 325 g/mol. The predicted octanol–water partition coefficient (Wildman–Crippen LogP) is 4.45. The molecule has 0 radical (unpaired) electrons. The largest absolute Gasteiger partial charge is 0.339 e. The first-order chi connectivity index (χ1) is 11.7. The lowest BCUT2D eigenvalue weighted by molar-refractivity contribution is 0.378. The molecular formula is C18H18FN3OS. The average molecular weight is 343 g/mol. The quantitative estimate of drug-likeness (QED) is 0.593. The second kappa shape index (κ2) is 8.06. The van der Waals surface area contributed by atoms with E-state index in [2.05, 4.69) is 21.2 Å². The van der Waals surface area contributed by atoms with Crippen LogP contribution in [0.4, 0.5) is 4.39 Å². The van der Waals surface area contributed by atoms with Gasteiger partial charge in [0.1, 0.15) is 5.82 Å². The molecule has 0 N–H and O–H groups in total. The molecule has 2 aromatic heterocycles. The molecule has 124 valence electrons. The van der Waals surface area contributed by atoms with E-state index in [4.69, 9.17) is 4.52 Å². The van der Waals surface area contributed by atoms with Crippen LogP contribution in [0.25, 0.3) is 11.4 Å². The minimum Gasteiger partial charge on any atom is -0.339 e. The van der Waals surface area contributed by atoms with E-state index in [9.17, 15) is 4.39 Å². The molecule has 0 saturated carbocycles. The highest BCUT2D eigenvalue weighted by Gasteiger charge is 2.10. The number of rotatable bonds is 7. The van der Waals surface area contributed by atoms with Gasteiger partial charge in [0.2, 0.25) is 11.7 Å². The Hall–Kier alpha value is -2.21. The number of hydrogen-bond acceptors (Lipinski definition) is 5. The van der Waals surface area contributed by atoms with E-state index in [1.807, 2.05) is 24.0 Å². The molecule has 0 amide bonds. The molecule has 0 aliphatic heterocycles. The molecule has 0 saturated heterocycles. The van der Waals surface area contributed by atoms with Gasteiger partial charge in [0, 0.05) is 30.1 Å². The van der Waals surface area contributed by atoms with Crippen LogP contribution in [0.15, 0.2) is 47.2 Å². The van der Waals surface area contributed by atoms with Crippen LogP contribution < -0.4 is 0 Å². The van der Waals surface area contributed by atoms with Gasteiger partial charge in [-0.05, 0) is 42.4 Å². The number of thioether (sulfide) groups is 1. The lowest BCUT2D eigenvalue weighted by atomic mass is 10.1. The molecule has 3 aromatic rings. The van der Waals surface area contributed by atoms with Crippen LogP contribution in [0, 0.1) is 12.7 Å². The highest BCUT2D eigenvalue weighted by atomic mass is 32.2. The molecule has 0 unspecified atom stereocenters. The Morgan fingerprint density at radius 3 is 2.96 bits per heavy atom. The molecule has 2 heterocycles. The van der Waals surface area contributed by atoms with Gasteiger partial charge in [-0.3, -0.25) is 4.98 Å². The van der Waals surface area contributed by atoms with Crippen LogP contribution >= 0.6 is 11.8 Å². The van der Waals surface area contributed by atoms with Gasteiger partial charge in [0.15, 0.2) is 0 Å². The molecule has 0 spiro atoms. The fourth-order valence-electron chi connectivity index (χ4n) is 2.20. The monoisotopic (exact) mass is 343 g/mol. The molecule has 4 nitrogen and oxygen atoms in total. The Bertz CT molecular complexity index is 792. The zero-order chi connectivity index (χ0) is 16.8. The van der Waals surface area contributed by atoms with Crippen LogP contribution in [0.2, 0.25) is 0 Å². The maximum Gasteiger partial charge on any atom is 0.226 e. The summed E-state index contributed by atoms with van der Waals surface area (Å²) in [6, 6.07) is 8.98. The second-order valence-electron chi connectivity index (χ2n) is 5.49. The average Bonchev–Trinajstić information content (AvgIpc) is 3.07. The van der Waals surface area contributed by atoms with Gasteiger partial charge < -0.3 is 4.52 Å². The van der Waals surface area contributed by atoms with Gasteiger partial charge in [-0.25, -0.2) is 4.39 Å². The Morgan fingerprint density at radius 2 is 2.17 bits per heavy atom. The lowest BCUT2D eigenvalue weighted by Crippen LogP contribution is -1.90. The zero-order valence-electron chi connectivity index (χ0n) is 13.4. The first-order valence-corrected chi connectivity index (χ1v) is 8.93. The number of aryl methyl sites for hydroxylation is 2. The number of hydrogen-bond donors (Lipinski definition) is 0. The van der Waals surface area contributed by atoms with Gasteiger partial charge in [-0.1, -0.05) is 23.4 Å². The van der Waals surface area contributed by atoms with E-state index in [0.717, 1.165) is 24.3 Å². The minimum atomic E-state index is -0.259. The Balaban J connectivity index is 1.47. The van der Waals surface area contributed by atoms with Crippen molar-refractivity contribution in [3.63, 3.8) is 0 Å². The van der Waals surface area contributed by atoms with Crippen LogP contribution in [-0.4, -0.2) is 20.9 Å². The summed E-state index contributed by atoms with van der Waals surface area (Å²) in [6.07, 6.45) is 5.34. The first-order valence-electron chi connectivity index (χ1n) is 7.78. The Morgan fingerprint density at radius 1 is 1.25 bits per heavy atom. The number of nitrogens with zero attached hydrogens (tertiary/aromatic N) is 3. The topological polar surface area (TPSA) is 51.8 Å². The van der Waals surface area contributed by atoms with E-state index >= 15 is 0 Å². The Kier molecular flexibility index (Phi) is 5.59. The summed E-state index contributed by atoms with van der Waals surface area (Å²) in [5, 5.41) is 3.94. The normalized spacial score (nSPS) is 10.9. The summed E-state index contributed by atoms with van der Waals surface area (Å²) < 4.78 is 18.9. The van der Waals surface area contributed by atoms with Crippen LogP contribution in [-0.2, 0) is 12.2 Å². The highest BCUT2D eigenvalue weighted by Crippen LogP contribution is 2.20. The summed E-state index contributed by atoms with van der Waals surface area (Å²) >= 11 is 1.85. The van der Waals surface area contributed by atoms with Crippen LogP contribution in [0.5, 0.6) is 0 Å². The molecule has 0 atom stereocenters. The molecule has 3 rings (SSSR count). The third kappa shape index (κ3) is 4.41. The number of pyridine rings is 1. The van der Waals surface area contributed by atoms with Gasteiger partial charge in [-0.2, -0.15) is 16.7 Å². The summed E-state index contributed by atoms with van der Waals surface area (Å²) in [4.78, 5) is 8.44. The van der Waals surface area contributed by atoms with E-state index < -0.39 is 0 Å². The third-order valence-electron chi connectivity index (χ3n) is 3.57. The van der Waals surface area contributed by atoms with Crippen LogP contribution in [0.3, 0.4) is 0 Å². The maximum atomic E-state index is 13.6. The van der Waals surface area contributed by atoms with Gasteiger partial charge >= 0.3 is 0 Å². The molecule has 1 aromatic carbocycles. The van der Waals surface area contributed by atoms with Crippen molar-refractivity contribution >= 4 is 11.8 Å². The van der Waals surface area contributed by atoms with E-state index in [-0.39, 0.29) is 5.82 Å². The minimum absolute atomic E-state index is 0.259. The second-order valence-corrected chi connectivity index (χ2v) is 6.60. The maximum absolute atomic E-state index is 13.6. The molecule has 6 heteroatoms. The van der Waals surface area contributed by atoms with Crippen molar-refractivity contribution in [2.24, 2.45) is 0 Å². The van der Waals surface area contributed by atoms with Crippen molar-refractivity contribution in [3.8, 4) is 11.4 Å². The highest BCUT2D eigenvalue weighted by molar-refractivity contribution is 7.98. The van der Waals surface area contributed by atoms with Gasteiger partial charge in [0.25, 0.3) is 0 Å². The first kappa shape index (κ1) is 16.6. The standard InChI is InChI=1S/C18H18FN3OS/c1-13-6-7-15(10-16(13)19)18-21-17(23-22-18)5-3-9-24-12-14-4-2-8-20-11-14/h2,4,6-8,10-11H,3,5,9,12H2,1H3. The Labute approximate surface area is 144 Å². The van der Waals surface area contributed by atoms with Crippen molar-refractivity contribution in [1.82, 2.24) is 15.1 Å². The van der Waals surface area contributed by atoms with Crippen molar-refractivity contribution in [1.29, 1.82) is 0 Å². The summed E-state index contributed by atoms with van der Waals surface area (Å²) in [7, 11) is 0. The van der Waals surface area contributed by atoms with Gasteiger partial charge in [0.05, 0.1) is 0 Å². The van der Waals surface area contributed by atoms with Gasteiger partial charge in [-0.15, -0.1) is 0 Å². The van der Waals surface area contributed by atoms with E-state index in [1.54, 1.807) is 25.3 Å². The number of benzene rings is 1. The fourth-order valence-corrected chi connectivity index (χ4v) is 3.10. The molecule has 0 fully saturated rings. The molecule has 0 bridgehead atoms. The van der Waals surface area contributed by atoms with Crippen molar-refractivity contribution in [2.45, 2.75) is 25.5 Å². The number of halogens is 1. The van der Waals surface area contributed by atoms with Crippen molar-refractivity contribution < 1.29 is 8.91 Å². The predicted molar refractivity (Wildman–Crippen MR) is 93.1 cm³/mol. The van der Waals surface area contributed by atoms with E-state index in [0.29, 0.717) is 22.8 Å². The summed E-state index contributed by atoms with van der Waals surface area (Å²) in [6.45, 7) is 1.73. The SMILES string of the molecule is Cc1ccc(-c2noc(CCCSCc3cccnc3)n2)cc1F. The molecule has 0 aliphatic rings.